The number of benzene rings is 1. The van der Waals surface area contributed by atoms with Crippen LogP contribution in [0.1, 0.15) is 36.0 Å². The lowest BCUT2D eigenvalue weighted by atomic mass is 10.2. The maximum absolute atomic E-state index is 11.8. The maximum Gasteiger partial charge on any atom is 0.319 e. The van der Waals surface area contributed by atoms with E-state index in [-0.39, 0.29) is 18.0 Å². The predicted octanol–water partition coefficient (Wildman–Crippen LogP) is 2.76. The number of rotatable bonds is 3. The van der Waals surface area contributed by atoms with Gasteiger partial charge in [0.1, 0.15) is 0 Å². The van der Waals surface area contributed by atoms with E-state index < -0.39 is 0 Å². The van der Waals surface area contributed by atoms with Crippen LogP contribution in [-0.2, 0) is 0 Å². The second-order valence-electron chi connectivity index (χ2n) is 4.85. The number of amides is 3. The Kier molecular flexibility index (Phi) is 4.84. The molecule has 0 aliphatic heterocycles. The number of carbonyl (C=O) groups excluding carboxylic acids is 2. The summed E-state index contributed by atoms with van der Waals surface area (Å²) in [6, 6.07) is 4.84. The molecule has 0 aromatic heterocycles. The molecule has 1 aromatic rings. The third-order valence-corrected chi connectivity index (χ3v) is 3.70. The van der Waals surface area contributed by atoms with Gasteiger partial charge < -0.3 is 16.0 Å². The van der Waals surface area contributed by atoms with E-state index in [4.69, 9.17) is 11.6 Å². The highest BCUT2D eigenvalue weighted by molar-refractivity contribution is 6.34. The SMILES string of the molecule is CNC(=O)c1ccc(NC(=O)NC2CCCC2)cc1Cl. The summed E-state index contributed by atoms with van der Waals surface area (Å²) in [5.74, 6) is -0.253. The normalized spacial score (nSPS) is 14.9. The maximum atomic E-state index is 11.8. The number of halogens is 1. The van der Waals surface area contributed by atoms with Gasteiger partial charge in [-0.15, -0.1) is 0 Å². The van der Waals surface area contributed by atoms with Gasteiger partial charge in [-0.05, 0) is 31.0 Å². The summed E-state index contributed by atoms with van der Waals surface area (Å²) in [6.07, 6.45) is 4.39. The molecule has 1 aliphatic carbocycles. The zero-order chi connectivity index (χ0) is 14.5. The Hall–Kier alpha value is -1.75. The number of hydrogen-bond donors (Lipinski definition) is 3. The van der Waals surface area contributed by atoms with Crippen LogP contribution in [0.4, 0.5) is 10.5 Å². The zero-order valence-corrected chi connectivity index (χ0v) is 12.1. The van der Waals surface area contributed by atoms with E-state index in [1.807, 2.05) is 0 Å². The van der Waals surface area contributed by atoms with Gasteiger partial charge in [0.05, 0.1) is 10.6 Å². The highest BCUT2D eigenvalue weighted by atomic mass is 35.5. The first kappa shape index (κ1) is 14.7. The Bertz CT molecular complexity index is 513. The van der Waals surface area contributed by atoms with Gasteiger partial charge in [-0.1, -0.05) is 24.4 Å². The van der Waals surface area contributed by atoms with E-state index in [0.717, 1.165) is 25.7 Å². The molecule has 0 radical (unpaired) electrons. The summed E-state index contributed by atoms with van der Waals surface area (Å²) >= 11 is 6.02. The lowest BCUT2D eigenvalue weighted by molar-refractivity contribution is 0.0963. The highest BCUT2D eigenvalue weighted by Gasteiger charge is 2.17. The fourth-order valence-electron chi connectivity index (χ4n) is 2.33. The summed E-state index contributed by atoms with van der Waals surface area (Å²) in [5, 5.41) is 8.47. The molecule has 20 heavy (non-hydrogen) atoms. The van der Waals surface area contributed by atoms with Crippen molar-refractivity contribution in [2.45, 2.75) is 31.7 Å². The van der Waals surface area contributed by atoms with Crippen LogP contribution in [0.5, 0.6) is 0 Å². The average molecular weight is 296 g/mol. The van der Waals surface area contributed by atoms with Crippen molar-refractivity contribution >= 4 is 29.2 Å². The molecule has 0 saturated heterocycles. The minimum absolute atomic E-state index is 0.236. The Balaban J connectivity index is 1.97. The molecule has 1 fully saturated rings. The molecule has 0 spiro atoms. The summed E-state index contributed by atoms with van der Waals surface area (Å²) in [4.78, 5) is 23.3. The van der Waals surface area contributed by atoms with Crippen molar-refractivity contribution in [2.24, 2.45) is 0 Å². The molecule has 1 aromatic carbocycles. The summed E-state index contributed by atoms with van der Waals surface area (Å²) in [7, 11) is 1.54. The van der Waals surface area contributed by atoms with E-state index in [1.165, 1.54) is 0 Å². The molecule has 0 heterocycles. The Morgan fingerprint density at radius 1 is 1.25 bits per heavy atom. The quantitative estimate of drug-likeness (QED) is 0.802. The number of hydrogen-bond acceptors (Lipinski definition) is 2. The molecule has 1 saturated carbocycles. The van der Waals surface area contributed by atoms with Crippen molar-refractivity contribution in [1.29, 1.82) is 0 Å². The third-order valence-electron chi connectivity index (χ3n) is 3.39. The summed E-state index contributed by atoms with van der Waals surface area (Å²) in [6.45, 7) is 0. The van der Waals surface area contributed by atoms with E-state index in [9.17, 15) is 9.59 Å². The fraction of sp³-hybridized carbons (Fsp3) is 0.429. The van der Waals surface area contributed by atoms with E-state index in [0.29, 0.717) is 16.3 Å². The van der Waals surface area contributed by atoms with Gasteiger partial charge in [0.25, 0.3) is 5.91 Å². The Labute approximate surface area is 123 Å². The third kappa shape index (κ3) is 3.63. The second-order valence-corrected chi connectivity index (χ2v) is 5.26. The fourth-order valence-corrected chi connectivity index (χ4v) is 2.60. The molecule has 108 valence electrons. The molecule has 3 amide bonds. The van der Waals surface area contributed by atoms with Crippen LogP contribution in [0.3, 0.4) is 0 Å². The molecule has 5 nitrogen and oxygen atoms in total. The van der Waals surface area contributed by atoms with Gasteiger partial charge in [-0.3, -0.25) is 4.79 Å². The number of urea groups is 1. The smallest absolute Gasteiger partial charge is 0.319 e. The van der Waals surface area contributed by atoms with Gasteiger partial charge in [0.15, 0.2) is 0 Å². The summed E-state index contributed by atoms with van der Waals surface area (Å²) < 4.78 is 0. The van der Waals surface area contributed by atoms with Crippen LogP contribution >= 0.6 is 11.6 Å². The van der Waals surface area contributed by atoms with Crippen molar-refractivity contribution in [3.05, 3.63) is 28.8 Å². The molecular weight excluding hydrogens is 278 g/mol. The minimum atomic E-state index is -0.253. The molecule has 0 atom stereocenters. The molecule has 6 heteroatoms. The lowest BCUT2D eigenvalue weighted by Crippen LogP contribution is -2.36. The van der Waals surface area contributed by atoms with Crippen LogP contribution in [0.25, 0.3) is 0 Å². The minimum Gasteiger partial charge on any atom is -0.355 e. The Morgan fingerprint density at radius 2 is 1.95 bits per heavy atom. The first-order valence-electron chi connectivity index (χ1n) is 6.69. The number of anilines is 1. The van der Waals surface area contributed by atoms with Gasteiger partial charge in [0.2, 0.25) is 0 Å². The van der Waals surface area contributed by atoms with Crippen molar-refractivity contribution in [3.63, 3.8) is 0 Å². The van der Waals surface area contributed by atoms with Crippen molar-refractivity contribution in [3.8, 4) is 0 Å². The zero-order valence-electron chi connectivity index (χ0n) is 11.3. The van der Waals surface area contributed by atoms with Crippen molar-refractivity contribution < 1.29 is 9.59 Å². The topological polar surface area (TPSA) is 70.2 Å². The predicted molar refractivity (Wildman–Crippen MR) is 79.3 cm³/mol. The lowest BCUT2D eigenvalue weighted by Gasteiger charge is -2.13. The molecule has 3 N–H and O–H groups in total. The van der Waals surface area contributed by atoms with Crippen molar-refractivity contribution in [1.82, 2.24) is 10.6 Å². The Morgan fingerprint density at radius 3 is 2.55 bits per heavy atom. The van der Waals surface area contributed by atoms with Crippen LogP contribution < -0.4 is 16.0 Å². The largest absolute Gasteiger partial charge is 0.355 e. The highest BCUT2D eigenvalue weighted by Crippen LogP contribution is 2.21. The summed E-state index contributed by atoms with van der Waals surface area (Å²) in [5.41, 5.74) is 0.953. The van der Waals surface area contributed by atoms with Gasteiger partial charge in [-0.25, -0.2) is 4.79 Å². The van der Waals surface area contributed by atoms with Crippen LogP contribution in [-0.4, -0.2) is 25.0 Å². The van der Waals surface area contributed by atoms with Gasteiger partial charge >= 0.3 is 6.03 Å². The first-order valence-corrected chi connectivity index (χ1v) is 7.07. The van der Waals surface area contributed by atoms with E-state index >= 15 is 0 Å². The van der Waals surface area contributed by atoms with E-state index in [2.05, 4.69) is 16.0 Å². The standard InChI is InChI=1S/C14H18ClN3O2/c1-16-13(19)11-7-6-10(8-12(11)15)18-14(20)17-9-4-2-3-5-9/h6-9H,2-5H2,1H3,(H,16,19)(H2,17,18,20). The van der Waals surface area contributed by atoms with Crippen LogP contribution in [0, 0.1) is 0 Å². The second kappa shape index (κ2) is 6.61. The average Bonchev–Trinajstić information content (AvgIpc) is 2.90. The molecule has 0 unspecified atom stereocenters. The molecule has 1 aliphatic rings. The monoisotopic (exact) mass is 295 g/mol. The number of nitrogens with one attached hydrogen (secondary N) is 3. The number of carbonyl (C=O) groups is 2. The first-order chi connectivity index (χ1) is 9.60. The van der Waals surface area contributed by atoms with E-state index in [1.54, 1.807) is 25.2 Å². The van der Waals surface area contributed by atoms with Crippen LogP contribution in [0.15, 0.2) is 18.2 Å². The molecule has 0 bridgehead atoms. The van der Waals surface area contributed by atoms with Gasteiger partial charge in [0, 0.05) is 18.8 Å². The molecular formula is C14H18ClN3O2. The molecule has 2 rings (SSSR count). The van der Waals surface area contributed by atoms with Crippen molar-refractivity contribution in [2.75, 3.05) is 12.4 Å². The van der Waals surface area contributed by atoms with Crippen LogP contribution in [0.2, 0.25) is 5.02 Å². The van der Waals surface area contributed by atoms with Gasteiger partial charge in [-0.2, -0.15) is 0 Å².